The highest BCUT2D eigenvalue weighted by molar-refractivity contribution is 9.10. The van der Waals surface area contributed by atoms with Gasteiger partial charge in [0.1, 0.15) is 10.4 Å². The number of nitrogens with zero attached hydrogens (tertiary/aromatic N) is 5. The van der Waals surface area contributed by atoms with Gasteiger partial charge in [-0.2, -0.15) is 0 Å². The number of hydrogen-bond acceptors (Lipinski definition) is 4. The average Bonchev–Trinajstić information content (AvgIpc) is 2.80. The van der Waals surface area contributed by atoms with Crippen LogP contribution < -0.4 is 4.90 Å². The largest absolute Gasteiger partial charge is 0.465 e. The molecule has 1 fully saturated rings. The van der Waals surface area contributed by atoms with Crippen LogP contribution in [0.2, 0.25) is 0 Å². The number of fused-ring (bicyclic) bond motifs is 1. The van der Waals surface area contributed by atoms with E-state index in [1.165, 1.54) is 4.90 Å². The first-order valence-corrected chi connectivity index (χ1v) is 7.10. The maximum Gasteiger partial charge on any atom is 0.407 e. The summed E-state index contributed by atoms with van der Waals surface area (Å²) >= 11 is 3.40. The minimum Gasteiger partial charge on any atom is -0.465 e. The highest BCUT2D eigenvalue weighted by atomic mass is 79.9. The molecule has 0 radical (unpaired) electrons. The van der Waals surface area contributed by atoms with Gasteiger partial charge in [0.25, 0.3) is 0 Å². The van der Waals surface area contributed by atoms with Gasteiger partial charge < -0.3 is 14.9 Å². The third kappa shape index (κ3) is 2.20. The Kier molecular flexibility index (Phi) is 3.25. The Balaban J connectivity index is 1.87. The molecule has 0 spiro atoms. The minimum absolute atomic E-state index is 0.0899. The van der Waals surface area contributed by atoms with E-state index in [0.29, 0.717) is 19.6 Å². The summed E-state index contributed by atoms with van der Waals surface area (Å²) < 4.78 is 2.53. The molecular weight excluding hydrogens is 326 g/mol. The van der Waals surface area contributed by atoms with Crippen LogP contribution in [0.1, 0.15) is 6.92 Å². The smallest absolute Gasteiger partial charge is 0.407 e. The molecule has 106 valence electrons. The maximum absolute atomic E-state index is 11.0. The van der Waals surface area contributed by atoms with Crippen molar-refractivity contribution in [2.75, 3.05) is 24.5 Å². The Morgan fingerprint density at radius 3 is 2.95 bits per heavy atom. The number of hydrogen-bond donors (Lipinski definition) is 1. The van der Waals surface area contributed by atoms with Gasteiger partial charge in [-0.3, -0.25) is 0 Å². The summed E-state index contributed by atoms with van der Waals surface area (Å²) in [4.78, 5) is 18.8. The van der Waals surface area contributed by atoms with Crippen molar-refractivity contribution in [2.45, 2.75) is 13.0 Å². The second-order valence-electron chi connectivity index (χ2n) is 4.81. The molecule has 2 aromatic rings. The summed E-state index contributed by atoms with van der Waals surface area (Å²) in [5.41, 5.74) is 0.775. The Hall–Kier alpha value is -1.83. The summed E-state index contributed by atoms with van der Waals surface area (Å²) in [7, 11) is 0. The molecule has 0 bridgehead atoms. The molecule has 0 saturated carbocycles. The zero-order valence-electron chi connectivity index (χ0n) is 10.9. The summed E-state index contributed by atoms with van der Waals surface area (Å²) in [5, 5.41) is 13.6. The van der Waals surface area contributed by atoms with E-state index in [2.05, 4.69) is 30.9 Å². The number of anilines is 1. The molecule has 1 aliphatic rings. The van der Waals surface area contributed by atoms with Crippen LogP contribution in [0.3, 0.4) is 0 Å². The lowest BCUT2D eigenvalue weighted by Crippen LogP contribution is -2.53. The SMILES string of the molecule is CC1CN(C(=O)O)CCN1c1ccc2ncc(Br)n2n1. The molecular formula is C12H14BrN5O2. The number of rotatable bonds is 1. The Bertz CT molecular complexity index is 658. The van der Waals surface area contributed by atoms with E-state index in [1.54, 1.807) is 10.7 Å². The molecule has 3 heterocycles. The van der Waals surface area contributed by atoms with Crippen molar-refractivity contribution in [3.8, 4) is 0 Å². The summed E-state index contributed by atoms with van der Waals surface area (Å²) in [6, 6.07) is 3.91. The van der Waals surface area contributed by atoms with Gasteiger partial charge in [-0.25, -0.2) is 14.3 Å². The molecule has 0 aliphatic carbocycles. The van der Waals surface area contributed by atoms with E-state index in [0.717, 1.165) is 16.1 Å². The fourth-order valence-corrected chi connectivity index (χ4v) is 2.82. The van der Waals surface area contributed by atoms with Gasteiger partial charge in [-0.15, -0.1) is 5.10 Å². The number of carbonyl (C=O) groups is 1. The van der Waals surface area contributed by atoms with Crippen LogP contribution in [0.5, 0.6) is 0 Å². The summed E-state index contributed by atoms with van der Waals surface area (Å²) in [6.45, 7) is 3.62. The van der Waals surface area contributed by atoms with E-state index in [9.17, 15) is 4.79 Å². The molecule has 20 heavy (non-hydrogen) atoms. The number of amides is 1. The lowest BCUT2D eigenvalue weighted by Gasteiger charge is -2.39. The predicted molar refractivity (Wildman–Crippen MR) is 77.1 cm³/mol. The van der Waals surface area contributed by atoms with Crippen LogP contribution >= 0.6 is 15.9 Å². The van der Waals surface area contributed by atoms with Crippen molar-refractivity contribution in [3.05, 3.63) is 22.9 Å². The van der Waals surface area contributed by atoms with Crippen LogP contribution in [0.15, 0.2) is 22.9 Å². The zero-order valence-corrected chi connectivity index (χ0v) is 12.5. The van der Waals surface area contributed by atoms with Crippen LogP contribution in [0, 0.1) is 0 Å². The Morgan fingerprint density at radius 1 is 1.45 bits per heavy atom. The van der Waals surface area contributed by atoms with Crippen molar-refractivity contribution >= 4 is 33.5 Å². The Morgan fingerprint density at radius 2 is 2.25 bits per heavy atom. The van der Waals surface area contributed by atoms with Crippen molar-refractivity contribution in [3.63, 3.8) is 0 Å². The van der Waals surface area contributed by atoms with Gasteiger partial charge in [-0.1, -0.05) is 0 Å². The van der Waals surface area contributed by atoms with Crippen LogP contribution in [0.4, 0.5) is 10.6 Å². The van der Waals surface area contributed by atoms with Gasteiger partial charge in [0.15, 0.2) is 5.65 Å². The second-order valence-corrected chi connectivity index (χ2v) is 5.63. The van der Waals surface area contributed by atoms with Gasteiger partial charge in [0.2, 0.25) is 0 Å². The molecule has 7 nitrogen and oxygen atoms in total. The van der Waals surface area contributed by atoms with Crippen molar-refractivity contribution in [1.29, 1.82) is 0 Å². The topological polar surface area (TPSA) is 74.0 Å². The van der Waals surface area contributed by atoms with E-state index in [1.807, 2.05) is 19.1 Å². The van der Waals surface area contributed by atoms with Crippen LogP contribution in [0.25, 0.3) is 5.65 Å². The van der Waals surface area contributed by atoms with Crippen molar-refractivity contribution in [2.24, 2.45) is 0 Å². The first-order valence-electron chi connectivity index (χ1n) is 6.31. The molecule has 3 rings (SSSR count). The quantitative estimate of drug-likeness (QED) is 0.855. The van der Waals surface area contributed by atoms with E-state index in [-0.39, 0.29) is 6.04 Å². The minimum atomic E-state index is -0.864. The predicted octanol–water partition coefficient (Wildman–Crippen LogP) is 1.68. The second kappa shape index (κ2) is 4.93. The maximum atomic E-state index is 11.0. The lowest BCUT2D eigenvalue weighted by molar-refractivity contribution is 0.136. The molecule has 1 aliphatic heterocycles. The van der Waals surface area contributed by atoms with E-state index in [4.69, 9.17) is 5.11 Å². The molecule has 0 aromatic carbocycles. The van der Waals surface area contributed by atoms with Crippen molar-refractivity contribution < 1.29 is 9.90 Å². The Labute approximate surface area is 123 Å². The molecule has 2 aromatic heterocycles. The zero-order chi connectivity index (χ0) is 14.3. The number of carboxylic acid groups (broad SMARTS) is 1. The standard InChI is InChI=1S/C12H14BrN5O2/c1-8-7-16(12(19)20)4-5-17(8)11-3-2-10-14-6-9(13)18(10)15-11/h2-3,6,8H,4-5,7H2,1H3,(H,19,20). The monoisotopic (exact) mass is 339 g/mol. The third-order valence-electron chi connectivity index (χ3n) is 3.50. The fraction of sp³-hybridized carbons (Fsp3) is 0.417. The molecule has 1 N–H and O–H groups in total. The number of piperazine rings is 1. The van der Waals surface area contributed by atoms with E-state index >= 15 is 0 Å². The number of aromatic nitrogens is 3. The highest BCUT2D eigenvalue weighted by Crippen LogP contribution is 2.20. The average molecular weight is 340 g/mol. The van der Waals surface area contributed by atoms with Gasteiger partial charge in [0.05, 0.1) is 6.20 Å². The number of imidazole rings is 1. The number of halogens is 1. The molecule has 1 amide bonds. The lowest BCUT2D eigenvalue weighted by atomic mass is 10.2. The normalized spacial score (nSPS) is 19.6. The third-order valence-corrected chi connectivity index (χ3v) is 4.04. The summed E-state index contributed by atoms with van der Waals surface area (Å²) in [5.74, 6) is 0.828. The molecule has 1 saturated heterocycles. The molecule has 1 unspecified atom stereocenters. The van der Waals surface area contributed by atoms with E-state index < -0.39 is 6.09 Å². The van der Waals surface area contributed by atoms with Crippen LogP contribution in [-0.4, -0.2) is 56.4 Å². The first kappa shape index (κ1) is 13.2. The van der Waals surface area contributed by atoms with Crippen LogP contribution in [-0.2, 0) is 0 Å². The van der Waals surface area contributed by atoms with Gasteiger partial charge in [-0.05, 0) is 35.0 Å². The molecule has 1 atom stereocenters. The summed E-state index contributed by atoms with van der Waals surface area (Å²) in [6.07, 6.45) is 0.843. The van der Waals surface area contributed by atoms with Gasteiger partial charge >= 0.3 is 6.09 Å². The first-order chi connectivity index (χ1) is 9.56. The van der Waals surface area contributed by atoms with Crippen molar-refractivity contribution in [1.82, 2.24) is 19.5 Å². The van der Waals surface area contributed by atoms with Gasteiger partial charge in [0, 0.05) is 25.7 Å². The fourth-order valence-electron chi connectivity index (χ4n) is 2.46. The highest BCUT2D eigenvalue weighted by Gasteiger charge is 2.27. The molecule has 8 heteroatoms.